The van der Waals surface area contributed by atoms with Crippen LogP contribution >= 0.6 is 0 Å². The molecule has 0 saturated carbocycles. The topological polar surface area (TPSA) is 122 Å². The number of hydrogen-bond acceptors (Lipinski definition) is 9. The first-order chi connectivity index (χ1) is 19.6. The second-order valence-electron chi connectivity index (χ2n) is 10.4. The molecule has 2 heterocycles. The molecule has 1 amide bonds. The molecule has 3 rings (SSSR count). The SMILES string of the molecule is CCCCCCCC(=O)NC(CN1CCCC1)C(OC(=O)CCOCCOCCN)c1ccc2c(c1)OCCO2. The first-order valence-electron chi connectivity index (χ1n) is 15.1. The summed E-state index contributed by atoms with van der Waals surface area (Å²) in [6.45, 7) is 7.62. The monoisotopic (exact) mass is 563 g/mol. The zero-order valence-electron chi connectivity index (χ0n) is 24.2. The van der Waals surface area contributed by atoms with E-state index in [1.807, 2.05) is 18.2 Å². The van der Waals surface area contributed by atoms with Crippen molar-refractivity contribution in [3.05, 3.63) is 23.8 Å². The number of nitrogens with zero attached hydrogens (tertiary/aromatic N) is 1. The van der Waals surface area contributed by atoms with Crippen LogP contribution in [0.1, 0.15) is 76.4 Å². The maximum absolute atomic E-state index is 13.1. The molecule has 1 saturated heterocycles. The molecule has 3 N–H and O–H groups in total. The second-order valence-corrected chi connectivity index (χ2v) is 10.4. The van der Waals surface area contributed by atoms with Crippen molar-refractivity contribution in [1.29, 1.82) is 0 Å². The van der Waals surface area contributed by atoms with E-state index in [9.17, 15) is 9.59 Å². The van der Waals surface area contributed by atoms with Gasteiger partial charge in [-0.25, -0.2) is 0 Å². The number of esters is 1. The number of unbranched alkanes of at least 4 members (excludes halogenated alkanes) is 4. The van der Waals surface area contributed by atoms with Crippen molar-refractivity contribution in [1.82, 2.24) is 10.2 Å². The van der Waals surface area contributed by atoms with Gasteiger partial charge in [-0.1, -0.05) is 38.7 Å². The molecular weight excluding hydrogens is 514 g/mol. The number of nitrogens with one attached hydrogen (secondary N) is 1. The Labute approximate surface area is 239 Å². The van der Waals surface area contributed by atoms with E-state index in [2.05, 4.69) is 17.1 Å². The lowest BCUT2D eigenvalue weighted by molar-refractivity contribution is -0.153. The summed E-state index contributed by atoms with van der Waals surface area (Å²) < 4.78 is 28.5. The highest BCUT2D eigenvalue weighted by Gasteiger charge is 2.32. The van der Waals surface area contributed by atoms with E-state index in [1.165, 1.54) is 12.8 Å². The van der Waals surface area contributed by atoms with Crippen LogP contribution in [0.15, 0.2) is 18.2 Å². The van der Waals surface area contributed by atoms with E-state index < -0.39 is 12.1 Å². The van der Waals surface area contributed by atoms with Crippen LogP contribution in [0, 0.1) is 0 Å². The Balaban J connectivity index is 1.70. The van der Waals surface area contributed by atoms with Crippen LogP contribution in [0.2, 0.25) is 0 Å². The van der Waals surface area contributed by atoms with Gasteiger partial charge in [0.2, 0.25) is 5.91 Å². The highest BCUT2D eigenvalue weighted by molar-refractivity contribution is 5.76. The summed E-state index contributed by atoms with van der Waals surface area (Å²) in [5.41, 5.74) is 6.18. The summed E-state index contributed by atoms with van der Waals surface area (Å²) in [5.74, 6) is 0.883. The summed E-state index contributed by atoms with van der Waals surface area (Å²) >= 11 is 0. The third kappa shape index (κ3) is 11.6. The Kier molecular flexibility index (Phi) is 15.1. The molecule has 1 aromatic rings. The molecule has 0 bridgehead atoms. The number of amides is 1. The van der Waals surface area contributed by atoms with Crippen LogP contribution in [0.4, 0.5) is 0 Å². The Morgan fingerprint density at radius 3 is 2.42 bits per heavy atom. The minimum atomic E-state index is -0.680. The van der Waals surface area contributed by atoms with Gasteiger partial charge in [-0.2, -0.15) is 0 Å². The molecule has 40 heavy (non-hydrogen) atoms. The Morgan fingerprint density at radius 1 is 0.950 bits per heavy atom. The van der Waals surface area contributed by atoms with Gasteiger partial charge in [0.1, 0.15) is 19.3 Å². The van der Waals surface area contributed by atoms with Crippen molar-refractivity contribution in [2.75, 3.05) is 65.8 Å². The van der Waals surface area contributed by atoms with Gasteiger partial charge in [0.15, 0.2) is 11.5 Å². The van der Waals surface area contributed by atoms with Gasteiger partial charge >= 0.3 is 5.97 Å². The molecule has 1 fully saturated rings. The number of ether oxygens (including phenoxy) is 5. The van der Waals surface area contributed by atoms with E-state index in [4.69, 9.17) is 29.4 Å². The molecule has 0 aromatic heterocycles. The van der Waals surface area contributed by atoms with E-state index >= 15 is 0 Å². The summed E-state index contributed by atoms with van der Waals surface area (Å²) in [6, 6.07) is 5.20. The maximum Gasteiger partial charge on any atom is 0.308 e. The van der Waals surface area contributed by atoms with Gasteiger partial charge in [0, 0.05) is 19.5 Å². The zero-order chi connectivity index (χ0) is 28.4. The van der Waals surface area contributed by atoms with E-state index in [-0.39, 0.29) is 24.9 Å². The molecule has 2 aliphatic heterocycles. The number of carbonyl (C=O) groups excluding carboxylic acids is 2. The average Bonchev–Trinajstić information content (AvgIpc) is 3.48. The van der Waals surface area contributed by atoms with Crippen molar-refractivity contribution in [2.24, 2.45) is 5.73 Å². The lowest BCUT2D eigenvalue weighted by Gasteiger charge is -2.32. The molecule has 2 atom stereocenters. The molecule has 226 valence electrons. The molecule has 10 heteroatoms. The van der Waals surface area contributed by atoms with Gasteiger partial charge in [-0.15, -0.1) is 0 Å². The smallest absolute Gasteiger partial charge is 0.308 e. The highest BCUT2D eigenvalue weighted by atomic mass is 16.6. The van der Waals surface area contributed by atoms with Gasteiger partial charge in [0.05, 0.1) is 38.9 Å². The quantitative estimate of drug-likeness (QED) is 0.182. The predicted octanol–water partition coefficient (Wildman–Crippen LogP) is 3.37. The van der Waals surface area contributed by atoms with Crippen LogP contribution in [0.25, 0.3) is 0 Å². The van der Waals surface area contributed by atoms with E-state index in [0.717, 1.165) is 50.8 Å². The largest absolute Gasteiger partial charge is 0.486 e. The summed E-state index contributed by atoms with van der Waals surface area (Å²) in [6.07, 6.45) is 7.50. The molecule has 2 aliphatic rings. The summed E-state index contributed by atoms with van der Waals surface area (Å²) in [4.78, 5) is 28.4. The Hall–Kier alpha value is -2.40. The van der Waals surface area contributed by atoms with Crippen LogP contribution in [-0.2, 0) is 23.8 Å². The van der Waals surface area contributed by atoms with Gasteiger partial charge in [0.25, 0.3) is 0 Å². The molecule has 1 aromatic carbocycles. The van der Waals surface area contributed by atoms with E-state index in [0.29, 0.717) is 64.0 Å². The van der Waals surface area contributed by atoms with Crippen molar-refractivity contribution in [3.8, 4) is 11.5 Å². The standard InChI is InChI=1S/C30H49N3O7/c1-2-3-4-5-6-9-28(34)32-25(23-33-14-7-8-15-33)30(24-10-11-26-27(22-24)39-21-20-38-26)40-29(35)12-16-36-18-19-37-17-13-31/h10-11,22,25,30H,2-9,12-21,23,31H2,1H3,(H,32,34). The summed E-state index contributed by atoms with van der Waals surface area (Å²) in [7, 11) is 0. The molecule has 0 spiro atoms. The number of carbonyl (C=O) groups is 2. The lowest BCUT2D eigenvalue weighted by atomic mass is 10.00. The van der Waals surface area contributed by atoms with Gasteiger partial charge in [-0.3, -0.25) is 9.59 Å². The third-order valence-corrected chi connectivity index (χ3v) is 7.11. The van der Waals surface area contributed by atoms with Crippen molar-refractivity contribution >= 4 is 11.9 Å². The first kappa shape index (κ1) is 32.1. The minimum Gasteiger partial charge on any atom is -0.486 e. The van der Waals surface area contributed by atoms with Gasteiger partial charge in [-0.05, 0) is 50.0 Å². The third-order valence-electron chi connectivity index (χ3n) is 7.11. The maximum atomic E-state index is 13.1. The van der Waals surface area contributed by atoms with Crippen LogP contribution < -0.4 is 20.5 Å². The normalized spacial score (nSPS) is 16.4. The Morgan fingerprint density at radius 2 is 1.68 bits per heavy atom. The number of rotatable bonds is 20. The van der Waals surface area contributed by atoms with Crippen LogP contribution in [0.3, 0.4) is 0 Å². The lowest BCUT2D eigenvalue weighted by Crippen LogP contribution is -2.47. The summed E-state index contributed by atoms with van der Waals surface area (Å²) in [5, 5.41) is 3.23. The fourth-order valence-corrected chi connectivity index (χ4v) is 5.01. The molecule has 0 radical (unpaired) electrons. The number of hydrogen-bond donors (Lipinski definition) is 2. The van der Waals surface area contributed by atoms with Crippen LogP contribution in [-0.4, -0.2) is 88.6 Å². The van der Waals surface area contributed by atoms with Crippen molar-refractivity contribution in [3.63, 3.8) is 0 Å². The van der Waals surface area contributed by atoms with Gasteiger partial charge < -0.3 is 39.6 Å². The van der Waals surface area contributed by atoms with Crippen molar-refractivity contribution < 1.29 is 33.3 Å². The second kappa shape index (κ2) is 18.9. The minimum absolute atomic E-state index is 0.0138. The molecular formula is C30H49N3O7. The number of fused-ring (bicyclic) bond motifs is 1. The fraction of sp³-hybridized carbons (Fsp3) is 0.733. The molecule has 0 aliphatic carbocycles. The zero-order valence-corrected chi connectivity index (χ0v) is 24.2. The highest BCUT2D eigenvalue weighted by Crippen LogP contribution is 2.35. The van der Waals surface area contributed by atoms with Crippen molar-refractivity contribution in [2.45, 2.75) is 76.9 Å². The van der Waals surface area contributed by atoms with Crippen LogP contribution in [0.5, 0.6) is 11.5 Å². The molecule has 2 unspecified atom stereocenters. The van der Waals surface area contributed by atoms with E-state index in [1.54, 1.807) is 0 Å². The molecule has 10 nitrogen and oxygen atoms in total. The number of nitrogens with two attached hydrogens (primary N) is 1. The predicted molar refractivity (Wildman–Crippen MR) is 153 cm³/mol. The Bertz CT molecular complexity index is 879. The number of likely N-dealkylation sites (tertiary alicyclic amines) is 1. The number of benzene rings is 1. The first-order valence-corrected chi connectivity index (χ1v) is 15.1. The average molecular weight is 564 g/mol. The fourth-order valence-electron chi connectivity index (χ4n) is 5.01.